The molecule has 2 aromatic carbocycles. The van der Waals surface area contributed by atoms with Gasteiger partial charge in [0.2, 0.25) is 0 Å². The summed E-state index contributed by atoms with van der Waals surface area (Å²) < 4.78 is 7.78. The van der Waals surface area contributed by atoms with Gasteiger partial charge in [-0.15, -0.1) is 10.2 Å². The summed E-state index contributed by atoms with van der Waals surface area (Å²) in [6.45, 7) is 7.18. The molecule has 33 heavy (non-hydrogen) atoms. The average molecular weight is 460 g/mol. The lowest BCUT2D eigenvalue weighted by molar-refractivity contribution is 0.122. The summed E-state index contributed by atoms with van der Waals surface area (Å²) in [5.74, 6) is 1.57. The number of anilines is 1. The minimum absolute atomic E-state index is 0.632. The zero-order valence-electron chi connectivity index (χ0n) is 18.3. The van der Waals surface area contributed by atoms with E-state index >= 15 is 0 Å². The van der Waals surface area contributed by atoms with E-state index in [1.165, 1.54) is 0 Å². The number of halogens is 1. The normalized spacial score (nSPS) is 14.5. The molecule has 166 valence electrons. The zero-order chi connectivity index (χ0) is 22.5. The molecule has 8 nitrogen and oxygen atoms in total. The lowest BCUT2D eigenvalue weighted by Crippen LogP contribution is -2.36. The van der Waals surface area contributed by atoms with Crippen LogP contribution in [-0.4, -0.2) is 56.0 Å². The number of aromatic amines is 1. The third-order valence-electron chi connectivity index (χ3n) is 6.19. The molecular formula is C24H22ClN7O. The van der Waals surface area contributed by atoms with Crippen LogP contribution in [0, 0.1) is 13.8 Å². The summed E-state index contributed by atoms with van der Waals surface area (Å²) in [5.41, 5.74) is 6.75. The number of benzene rings is 2. The summed E-state index contributed by atoms with van der Waals surface area (Å²) in [7, 11) is 0. The Bertz CT molecular complexity index is 1490. The first-order valence-electron chi connectivity index (χ1n) is 10.9. The molecule has 0 aliphatic carbocycles. The molecule has 1 N–H and O–H groups in total. The van der Waals surface area contributed by atoms with Crippen LogP contribution >= 0.6 is 11.6 Å². The number of pyridine rings is 1. The van der Waals surface area contributed by atoms with Crippen LogP contribution in [0.5, 0.6) is 0 Å². The van der Waals surface area contributed by atoms with Crippen LogP contribution in [0.3, 0.4) is 0 Å². The molecule has 1 fully saturated rings. The van der Waals surface area contributed by atoms with Crippen molar-refractivity contribution in [1.29, 1.82) is 0 Å². The van der Waals surface area contributed by atoms with Gasteiger partial charge in [0.25, 0.3) is 0 Å². The van der Waals surface area contributed by atoms with Gasteiger partial charge in [-0.2, -0.15) is 0 Å². The van der Waals surface area contributed by atoms with Crippen molar-refractivity contribution in [2.75, 3.05) is 31.2 Å². The number of imidazole rings is 1. The Hall–Kier alpha value is -3.49. The van der Waals surface area contributed by atoms with Gasteiger partial charge in [-0.25, -0.2) is 4.98 Å². The molecule has 0 amide bonds. The Morgan fingerprint density at radius 3 is 2.73 bits per heavy atom. The summed E-state index contributed by atoms with van der Waals surface area (Å²) in [6.07, 6.45) is 3.47. The van der Waals surface area contributed by atoms with E-state index in [2.05, 4.69) is 54.8 Å². The minimum Gasteiger partial charge on any atom is -0.378 e. The summed E-state index contributed by atoms with van der Waals surface area (Å²) in [6, 6.07) is 10.2. The van der Waals surface area contributed by atoms with Gasteiger partial charge < -0.3 is 14.6 Å². The molecule has 3 aromatic heterocycles. The highest BCUT2D eigenvalue weighted by atomic mass is 35.5. The standard InChI is InChI=1S/C24H22ClN7O/c1-14-12-26-21-17(4-3-5-19(21)25)23(14)32-15(2)29-22-18(24-27-13-28-30-24)10-16(11-20(22)32)31-6-8-33-9-7-31/h3-5,10-13H,6-9H2,1-2H3,(H,27,28,30). The van der Waals surface area contributed by atoms with Gasteiger partial charge in [-0.3, -0.25) is 9.55 Å². The maximum atomic E-state index is 6.50. The van der Waals surface area contributed by atoms with Crippen molar-refractivity contribution < 1.29 is 4.74 Å². The molecule has 0 atom stereocenters. The van der Waals surface area contributed by atoms with Crippen LogP contribution in [0.4, 0.5) is 5.69 Å². The predicted octanol–water partition coefficient (Wildman–Crippen LogP) is 4.47. The topological polar surface area (TPSA) is 84.8 Å². The average Bonchev–Trinajstić information content (AvgIpc) is 3.47. The fourth-order valence-corrected chi connectivity index (χ4v) is 4.88. The number of hydrogen-bond donors (Lipinski definition) is 1. The molecule has 9 heteroatoms. The Balaban J connectivity index is 1.69. The van der Waals surface area contributed by atoms with Gasteiger partial charge in [0.15, 0.2) is 5.82 Å². The molecule has 0 unspecified atom stereocenters. The summed E-state index contributed by atoms with van der Waals surface area (Å²) >= 11 is 6.50. The van der Waals surface area contributed by atoms with E-state index in [-0.39, 0.29) is 0 Å². The third kappa shape index (κ3) is 3.25. The Labute approximate surface area is 195 Å². The zero-order valence-corrected chi connectivity index (χ0v) is 19.1. The number of fused-ring (bicyclic) bond motifs is 2. The molecule has 0 radical (unpaired) electrons. The highest BCUT2D eigenvalue weighted by Crippen LogP contribution is 2.37. The molecule has 6 rings (SSSR count). The number of nitrogens with one attached hydrogen (secondary N) is 1. The maximum absolute atomic E-state index is 6.50. The largest absolute Gasteiger partial charge is 0.378 e. The molecule has 0 spiro atoms. The molecular weight excluding hydrogens is 438 g/mol. The van der Waals surface area contributed by atoms with Gasteiger partial charge in [-0.05, 0) is 37.6 Å². The Kier molecular flexibility index (Phi) is 4.78. The van der Waals surface area contributed by atoms with Crippen LogP contribution in [-0.2, 0) is 4.74 Å². The van der Waals surface area contributed by atoms with Gasteiger partial charge in [0, 0.05) is 35.9 Å². The lowest BCUT2D eigenvalue weighted by Gasteiger charge is -2.29. The second-order valence-electron chi connectivity index (χ2n) is 8.22. The first-order valence-corrected chi connectivity index (χ1v) is 11.3. The van der Waals surface area contributed by atoms with E-state index in [0.29, 0.717) is 24.1 Å². The smallest absolute Gasteiger partial charge is 0.163 e. The number of hydrogen-bond acceptors (Lipinski definition) is 6. The van der Waals surface area contributed by atoms with E-state index in [0.717, 1.165) is 63.4 Å². The number of H-pyrrole nitrogens is 1. The summed E-state index contributed by atoms with van der Waals surface area (Å²) in [5, 5.41) is 9.91. The van der Waals surface area contributed by atoms with Crippen molar-refractivity contribution >= 4 is 39.2 Å². The van der Waals surface area contributed by atoms with Crippen LogP contribution < -0.4 is 4.90 Å². The third-order valence-corrected chi connectivity index (χ3v) is 6.49. The van der Waals surface area contributed by atoms with Crippen LogP contribution in [0.1, 0.15) is 11.4 Å². The summed E-state index contributed by atoms with van der Waals surface area (Å²) in [4.78, 5) is 15.1. The highest BCUT2D eigenvalue weighted by molar-refractivity contribution is 6.35. The Morgan fingerprint density at radius 1 is 1.09 bits per heavy atom. The number of rotatable bonds is 3. The number of ether oxygens (including phenoxy) is 1. The van der Waals surface area contributed by atoms with Gasteiger partial charge in [-0.1, -0.05) is 23.7 Å². The van der Waals surface area contributed by atoms with E-state index in [9.17, 15) is 0 Å². The molecule has 1 aliphatic heterocycles. The van der Waals surface area contributed by atoms with Crippen molar-refractivity contribution in [2.24, 2.45) is 0 Å². The van der Waals surface area contributed by atoms with Gasteiger partial charge in [0.05, 0.1) is 35.0 Å². The monoisotopic (exact) mass is 459 g/mol. The molecule has 1 saturated heterocycles. The van der Waals surface area contributed by atoms with Crippen LogP contribution in [0.25, 0.3) is 39.0 Å². The predicted molar refractivity (Wildman–Crippen MR) is 129 cm³/mol. The fraction of sp³-hybridized carbons (Fsp3) is 0.250. The first kappa shape index (κ1) is 20.1. The minimum atomic E-state index is 0.632. The fourth-order valence-electron chi connectivity index (χ4n) is 4.65. The SMILES string of the molecule is Cc1cnc2c(Cl)cccc2c1-n1c(C)nc2c(-c3nnc[nH]3)cc(N3CCOCC3)cc21. The molecule has 0 saturated carbocycles. The maximum Gasteiger partial charge on any atom is 0.163 e. The molecule has 5 aromatic rings. The van der Waals surface area contributed by atoms with Crippen LogP contribution in [0.2, 0.25) is 5.02 Å². The molecule has 1 aliphatic rings. The second-order valence-corrected chi connectivity index (χ2v) is 8.63. The molecule has 4 heterocycles. The van der Waals surface area contributed by atoms with E-state index in [1.807, 2.05) is 25.3 Å². The first-order chi connectivity index (χ1) is 16.1. The van der Waals surface area contributed by atoms with Crippen molar-refractivity contribution in [3.63, 3.8) is 0 Å². The van der Waals surface area contributed by atoms with Crippen molar-refractivity contribution in [2.45, 2.75) is 13.8 Å². The number of aromatic nitrogens is 6. The Morgan fingerprint density at radius 2 is 1.94 bits per heavy atom. The van der Waals surface area contributed by atoms with Crippen molar-refractivity contribution in [3.05, 3.63) is 59.3 Å². The number of morpholine rings is 1. The number of nitrogens with zero attached hydrogens (tertiary/aromatic N) is 6. The van der Waals surface area contributed by atoms with Crippen LogP contribution in [0.15, 0.2) is 42.9 Å². The lowest BCUT2D eigenvalue weighted by atomic mass is 10.1. The van der Waals surface area contributed by atoms with E-state index < -0.39 is 0 Å². The number of aryl methyl sites for hydroxylation is 2. The van der Waals surface area contributed by atoms with E-state index in [1.54, 1.807) is 6.33 Å². The van der Waals surface area contributed by atoms with Crippen molar-refractivity contribution in [3.8, 4) is 17.1 Å². The van der Waals surface area contributed by atoms with Crippen molar-refractivity contribution in [1.82, 2.24) is 29.7 Å². The molecule has 0 bridgehead atoms. The van der Waals surface area contributed by atoms with Gasteiger partial charge in [0.1, 0.15) is 17.7 Å². The van der Waals surface area contributed by atoms with E-state index in [4.69, 9.17) is 21.3 Å². The second kappa shape index (κ2) is 7.83. The van der Waals surface area contributed by atoms with Gasteiger partial charge >= 0.3 is 0 Å². The number of para-hydroxylation sites is 1. The highest BCUT2D eigenvalue weighted by Gasteiger charge is 2.22. The quantitative estimate of drug-likeness (QED) is 0.428.